The van der Waals surface area contributed by atoms with Crippen molar-refractivity contribution in [1.82, 2.24) is 20.1 Å². The Morgan fingerprint density at radius 3 is 2.89 bits per heavy atom. The van der Waals surface area contributed by atoms with Gasteiger partial charge in [-0.15, -0.1) is 0 Å². The molecule has 1 aromatic heterocycles. The molecular formula is C11H18N4O3S. The number of carbonyl (C=O) groups excluding carboxylic acids is 1. The molecule has 0 bridgehead atoms. The van der Waals surface area contributed by atoms with E-state index in [4.69, 9.17) is 0 Å². The largest absolute Gasteiger partial charge is 0.332 e. The van der Waals surface area contributed by atoms with E-state index in [1.54, 1.807) is 4.90 Å². The van der Waals surface area contributed by atoms with E-state index < -0.39 is 9.84 Å². The van der Waals surface area contributed by atoms with Crippen LogP contribution in [0.15, 0.2) is 6.33 Å². The zero-order chi connectivity index (χ0) is 13.9. The van der Waals surface area contributed by atoms with Crippen LogP contribution in [0, 0.1) is 0 Å². The van der Waals surface area contributed by atoms with Crippen LogP contribution in [0.5, 0.6) is 0 Å². The second-order valence-electron chi connectivity index (χ2n) is 4.74. The molecule has 0 aromatic carbocycles. The second-order valence-corrected chi connectivity index (χ2v) is 6.97. The highest BCUT2D eigenvalue weighted by atomic mass is 32.2. The van der Waals surface area contributed by atoms with Crippen LogP contribution in [0.4, 0.5) is 0 Å². The summed E-state index contributed by atoms with van der Waals surface area (Å²) in [6.45, 7) is 2.58. The summed E-state index contributed by atoms with van der Waals surface area (Å²) in [6.07, 6.45) is 3.57. The highest BCUT2D eigenvalue weighted by Crippen LogP contribution is 2.19. The lowest BCUT2D eigenvalue weighted by Crippen LogP contribution is -2.42. The summed E-state index contributed by atoms with van der Waals surface area (Å²) in [5.41, 5.74) is 0. The Labute approximate surface area is 112 Å². The minimum atomic E-state index is -3.01. The maximum Gasteiger partial charge on any atom is 0.291 e. The van der Waals surface area contributed by atoms with Gasteiger partial charge < -0.3 is 4.90 Å². The van der Waals surface area contributed by atoms with Crippen LogP contribution in [-0.4, -0.2) is 58.5 Å². The molecule has 1 amide bonds. The zero-order valence-corrected chi connectivity index (χ0v) is 11.7. The van der Waals surface area contributed by atoms with Crippen molar-refractivity contribution in [3.8, 4) is 0 Å². The standard InChI is InChI=1S/C11H18N4O3S/c1-2-3-5-15(9-4-6-19(17,18)7-9)11(16)10-12-8-13-14-10/h8-9H,2-7H2,1H3,(H,12,13,14). The van der Waals surface area contributed by atoms with Crippen LogP contribution in [0.3, 0.4) is 0 Å². The molecule has 8 heteroatoms. The Hall–Kier alpha value is -1.44. The van der Waals surface area contributed by atoms with E-state index in [1.165, 1.54) is 6.33 Å². The van der Waals surface area contributed by atoms with Crippen molar-refractivity contribution in [1.29, 1.82) is 0 Å². The molecule has 1 aromatic rings. The average Bonchev–Trinajstić information content (AvgIpc) is 2.99. The van der Waals surface area contributed by atoms with Gasteiger partial charge in [0.05, 0.1) is 11.5 Å². The number of aromatic nitrogens is 3. The number of nitrogens with one attached hydrogen (secondary N) is 1. The van der Waals surface area contributed by atoms with Gasteiger partial charge in [0.1, 0.15) is 6.33 Å². The number of unbranched alkanes of at least 4 members (excludes halogenated alkanes) is 1. The van der Waals surface area contributed by atoms with Gasteiger partial charge in [0.2, 0.25) is 5.82 Å². The van der Waals surface area contributed by atoms with Crippen molar-refractivity contribution in [3.05, 3.63) is 12.2 Å². The summed E-state index contributed by atoms with van der Waals surface area (Å²) < 4.78 is 23.1. The number of rotatable bonds is 5. The number of amides is 1. The minimum Gasteiger partial charge on any atom is -0.332 e. The molecule has 7 nitrogen and oxygen atoms in total. The smallest absolute Gasteiger partial charge is 0.291 e. The van der Waals surface area contributed by atoms with Crippen molar-refractivity contribution in [2.75, 3.05) is 18.1 Å². The SMILES string of the molecule is CCCCN(C(=O)c1ncn[nH]1)C1CCS(=O)(=O)C1. The van der Waals surface area contributed by atoms with Crippen LogP contribution in [0.2, 0.25) is 0 Å². The van der Waals surface area contributed by atoms with Gasteiger partial charge in [-0.3, -0.25) is 9.89 Å². The molecule has 1 aliphatic heterocycles. The molecule has 1 atom stereocenters. The molecule has 0 radical (unpaired) electrons. The maximum atomic E-state index is 12.3. The van der Waals surface area contributed by atoms with Gasteiger partial charge in [-0.2, -0.15) is 5.10 Å². The fourth-order valence-corrected chi connectivity index (χ4v) is 3.97. The molecule has 1 fully saturated rings. The predicted octanol–water partition coefficient (Wildman–Crippen LogP) is 0.234. The summed E-state index contributed by atoms with van der Waals surface area (Å²) in [5.74, 6) is 0.106. The summed E-state index contributed by atoms with van der Waals surface area (Å²) >= 11 is 0. The first-order valence-electron chi connectivity index (χ1n) is 6.40. The minimum absolute atomic E-state index is 0.0522. The van der Waals surface area contributed by atoms with E-state index in [-0.39, 0.29) is 29.3 Å². The Bertz CT molecular complexity index is 526. The van der Waals surface area contributed by atoms with Crippen LogP contribution >= 0.6 is 0 Å². The molecule has 1 aliphatic rings. The molecule has 1 N–H and O–H groups in total. The first-order chi connectivity index (χ1) is 9.03. The normalized spacial score (nSPS) is 21.4. The molecule has 1 saturated heterocycles. The van der Waals surface area contributed by atoms with Gasteiger partial charge >= 0.3 is 0 Å². The van der Waals surface area contributed by atoms with E-state index in [9.17, 15) is 13.2 Å². The van der Waals surface area contributed by atoms with Gasteiger partial charge in [-0.25, -0.2) is 13.4 Å². The number of aromatic amines is 1. The van der Waals surface area contributed by atoms with E-state index in [2.05, 4.69) is 15.2 Å². The molecule has 2 rings (SSSR count). The first kappa shape index (κ1) is 14.0. The van der Waals surface area contributed by atoms with Crippen molar-refractivity contribution in [3.63, 3.8) is 0 Å². The van der Waals surface area contributed by atoms with Crippen molar-refractivity contribution in [2.45, 2.75) is 32.2 Å². The summed E-state index contributed by atoms with van der Waals surface area (Å²) in [6, 6.07) is -0.242. The van der Waals surface area contributed by atoms with Crippen molar-refractivity contribution >= 4 is 15.7 Å². The monoisotopic (exact) mass is 286 g/mol. The van der Waals surface area contributed by atoms with Gasteiger partial charge in [0.15, 0.2) is 9.84 Å². The van der Waals surface area contributed by atoms with E-state index >= 15 is 0 Å². The summed E-state index contributed by atoms with van der Waals surface area (Å²) in [5, 5.41) is 6.20. The molecule has 0 saturated carbocycles. The number of hydrogen-bond donors (Lipinski definition) is 1. The second kappa shape index (κ2) is 5.68. The Balaban J connectivity index is 2.14. The highest BCUT2D eigenvalue weighted by molar-refractivity contribution is 7.91. The van der Waals surface area contributed by atoms with Crippen LogP contribution < -0.4 is 0 Å². The highest BCUT2D eigenvalue weighted by Gasteiger charge is 2.35. The third kappa shape index (κ3) is 3.31. The van der Waals surface area contributed by atoms with Crippen LogP contribution in [-0.2, 0) is 9.84 Å². The van der Waals surface area contributed by atoms with Crippen LogP contribution in [0.1, 0.15) is 36.8 Å². The third-order valence-corrected chi connectivity index (χ3v) is 5.03. The lowest BCUT2D eigenvalue weighted by molar-refractivity contribution is 0.0682. The fourth-order valence-electron chi connectivity index (χ4n) is 2.24. The summed E-state index contributed by atoms with van der Waals surface area (Å²) in [4.78, 5) is 17.8. The Morgan fingerprint density at radius 1 is 1.58 bits per heavy atom. The van der Waals surface area contributed by atoms with E-state index in [0.717, 1.165) is 12.8 Å². The van der Waals surface area contributed by atoms with E-state index in [0.29, 0.717) is 13.0 Å². The van der Waals surface area contributed by atoms with Gasteiger partial charge in [0, 0.05) is 12.6 Å². The molecule has 0 aliphatic carbocycles. The molecular weight excluding hydrogens is 268 g/mol. The molecule has 0 spiro atoms. The quantitative estimate of drug-likeness (QED) is 0.836. The number of carbonyl (C=O) groups is 1. The van der Waals surface area contributed by atoms with Gasteiger partial charge in [-0.1, -0.05) is 13.3 Å². The predicted molar refractivity (Wildman–Crippen MR) is 69.4 cm³/mol. The number of hydrogen-bond acceptors (Lipinski definition) is 5. The molecule has 1 unspecified atom stereocenters. The Kier molecular flexibility index (Phi) is 4.18. The lowest BCUT2D eigenvalue weighted by Gasteiger charge is -2.27. The van der Waals surface area contributed by atoms with Crippen LogP contribution in [0.25, 0.3) is 0 Å². The topological polar surface area (TPSA) is 96.0 Å². The van der Waals surface area contributed by atoms with Crippen molar-refractivity contribution < 1.29 is 13.2 Å². The number of H-pyrrole nitrogens is 1. The molecule has 2 heterocycles. The van der Waals surface area contributed by atoms with Gasteiger partial charge in [-0.05, 0) is 12.8 Å². The lowest BCUT2D eigenvalue weighted by atomic mass is 10.2. The first-order valence-corrected chi connectivity index (χ1v) is 8.22. The number of nitrogens with zero attached hydrogens (tertiary/aromatic N) is 3. The Morgan fingerprint density at radius 2 is 2.37 bits per heavy atom. The van der Waals surface area contributed by atoms with Crippen molar-refractivity contribution in [2.24, 2.45) is 0 Å². The molecule has 106 valence electrons. The maximum absolute atomic E-state index is 12.3. The zero-order valence-electron chi connectivity index (χ0n) is 10.9. The third-order valence-electron chi connectivity index (χ3n) is 3.28. The van der Waals surface area contributed by atoms with E-state index in [1.807, 2.05) is 6.92 Å². The summed E-state index contributed by atoms with van der Waals surface area (Å²) in [7, 11) is -3.01. The average molecular weight is 286 g/mol. The molecule has 19 heavy (non-hydrogen) atoms. The fraction of sp³-hybridized carbons (Fsp3) is 0.727. The number of sulfone groups is 1. The van der Waals surface area contributed by atoms with Gasteiger partial charge in [0.25, 0.3) is 5.91 Å².